The first kappa shape index (κ1) is 39.5. The Bertz CT molecular complexity index is 2920. The molecule has 0 bridgehead atoms. The van der Waals surface area contributed by atoms with E-state index in [1.165, 1.54) is 55.5 Å². The summed E-state index contributed by atoms with van der Waals surface area (Å²) >= 11 is 0. The molecule has 5 aromatic carbocycles. The van der Waals surface area contributed by atoms with Crippen molar-refractivity contribution in [2.24, 2.45) is 5.41 Å². The minimum Gasteiger partial charge on any atom is -0.456 e. The van der Waals surface area contributed by atoms with Crippen LogP contribution in [0.5, 0.6) is 0 Å². The molecule has 6 aromatic rings. The number of anilines is 2. The quantitative estimate of drug-likeness (QED) is 0.135. The van der Waals surface area contributed by atoms with Gasteiger partial charge in [-0.1, -0.05) is 160 Å². The van der Waals surface area contributed by atoms with Gasteiger partial charge < -0.3 is 9.32 Å². The first-order chi connectivity index (χ1) is 30.3. The van der Waals surface area contributed by atoms with Crippen LogP contribution in [0.4, 0.5) is 11.4 Å². The van der Waals surface area contributed by atoms with Gasteiger partial charge in [-0.25, -0.2) is 0 Å². The van der Waals surface area contributed by atoms with Crippen LogP contribution in [-0.4, -0.2) is 0 Å². The van der Waals surface area contributed by atoms with Gasteiger partial charge in [-0.2, -0.15) is 0 Å². The number of nitrogens with zero attached hydrogens (tertiary/aromatic N) is 1. The molecule has 4 aliphatic carbocycles. The molecule has 2 heteroatoms. The summed E-state index contributed by atoms with van der Waals surface area (Å²) < 4.78 is 6.75. The maximum Gasteiger partial charge on any atom is 0.143 e. The molecule has 4 aliphatic rings. The number of hydrogen-bond acceptors (Lipinski definition) is 2. The molecule has 2 unspecified atom stereocenters. The average Bonchev–Trinajstić information content (AvgIpc) is 3.81. The van der Waals surface area contributed by atoms with E-state index in [4.69, 9.17) is 4.42 Å². The zero-order chi connectivity index (χ0) is 42.4. The summed E-state index contributed by atoms with van der Waals surface area (Å²) in [6.45, 7) is 13.7. The van der Waals surface area contributed by atoms with Crippen molar-refractivity contribution in [1.29, 1.82) is 0 Å². The van der Waals surface area contributed by atoms with Crippen LogP contribution in [0.15, 0.2) is 215 Å². The largest absolute Gasteiger partial charge is 0.456 e. The second-order valence-corrected chi connectivity index (χ2v) is 18.0. The molecule has 1 heterocycles. The van der Waals surface area contributed by atoms with Crippen LogP contribution >= 0.6 is 0 Å². The monoisotopic (exact) mass is 805 g/mol. The second-order valence-electron chi connectivity index (χ2n) is 18.0. The normalized spacial score (nSPS) is 20.7. The molecule has 0 fully saturated rings. The predicted octanol–water partition coefficient (Wildman–Crippen LogP) is 16.5. The van der Waals surface area contributed by atoms with Gasteiger partial charge in [-0.3, -0.25) is 0 Å². The lowest BCUT2D eigenvalue weighted by atomic mass is 9.77. The summed E-state index contributed by atoms with van der Waals surface area (Å²) in [4.78, 5) is 2.42. The Morgan fingerprint density at radius 1 is 0.726 bits per heavy atom. The molecule has 1 aromatic heterocycles. The number of aryl methyl sites for hydroxylation is 1. The molecule has 0 saturated carbocycles. The maximum atomic E-state index is 6.75. The highest BCUT2D eigenvalue weighted by Crippen LogP contribution is 2.54. The highest BCUT2D eigenvalue weighted by atomic mass is 16.3. The fourth-order valence-electron chi connectivity index (χ4n) is 10.5. The lowest BCUT2D eigenvalue weighted by Gasteiger charge is -2.33. The zero-order valence-corrected chi connectivity index (χ0v) is 36.5. The van der Waals surface area contributed by atoms with Crippen molar-refractivity contribution in [3.8, 4) is 22.3 Å². The summed E-state index contributed by atoms with van der Waals surface area (Å²) in [5.41, 5.74) is 18.5. The molecule has 2 atom stereocenters. The van der Waals surface area contributed by atoms with E-state index in [0.29, 0.717) is 0 Å². The van der Waals surface area contributed by atoms with E-state index < -0.39 is 0 Å². The molecule has 0 spiro atoms. The Kier molecular flexibility index (Phi) is 10.2. The molecule has 0 amide bonds. The summed E-state index contributed by atoms with van der Waals surface area (Å²) in [5, 5.41) is 1.23. The van der Waals surface area contributed by atoms with Crippen LogP contribution in [0.2, 0.25) is 0 Å². The van der Waals surface area contributed by atoms with E-state index in [-0.39, 0.29) is 16.7 Å². The van der Waals surface area contributed by atoms with Gasteiger partial charge in [-0.15, -0.1) is 6.58 Å². The predicted molar refractivity (Wildman–Crippen MR) is 263 cm³/mol. The molecule has 0 radical (unpaired) electrons. The number of fused-ring (bicyclic) bond motifs is 3. The van der Waals surface area contributed by atoms with Gasteiger partial charge in [0.15, 0.2) is 0 Å². The first-order valence-electron chi connectivity index (χ1n) is 22.5. The van der Waals surface area contributed by atoms with Crippen molar-refractivity contribution in [1.82, 2.24) is 0 Å². The standard InChI is InChI=1S/C60H55NO/c1-6-41(40-55-49(7-2)52-25-14-16-27-54(52)59(55,3)4)44-21-18-24-48(39-44)61(47-35-37-60(5,38-36-47)45-22-12-9-13-23-45)46-31-29-43(30-32-46)51-34-33-50(42-19-10-8-11-20-42)57-53-26-15-17-28-56(53)62-58(51)57/h6-13,16-24,27-37,39-41H,1,14-15,25-26,38H2,2-5H3/b49-7-,55-40+. The topological polar surface area (TPSA) is 16.4 Å². The molecule has 62 heavy (non-hydrogen) atoms. The van der Waals surface area contributed by atoms with Gasteiger partial charge in [0.25, 0.3) is 0 Å². The van der Waals surface area contributed by atoms with E-state index >= 15 is 0 Å². The molecule has 10 rings (SSSR count). The van der Waals surface area contributed by atoms with Crippen LogP contribution in [0.1, 0.15) is 81.7 Å². The molecule has 0 N–H and O–H groups in total. The van der Waals surface area contributed by atoms with Crippen molar-refractivity contribution in [2.45, 2.75) is 71.1 Å². The van der Waals surface area contributed by atoms with E-state index in [1.54, 1.807) is 0 Å². The maximum absolute atomic E-state index is 6.75. The summed E-state index contributed by atoms with van der Waals surface area (Å²) in [6, 6.07) is 44.3. The minimum absolute atomic E-state index is 0.0428. The number of furan rings is 1. The molecule has 0 saturated heterocycles. The van der Waals surface area contributed by atoms with Gasteiger partial charge in [0.05, 0.1) is 0 Å². The highest BCUT2D eigenvalue weighted by molar-refractivity contribution is 6.05. The Labute approximate surface area is 368 Å². The van der Waals surface area contributed by atoms with Crippen LogP contribution in [-0.2, 0) is 11.8 Å². The van der Waals surface area contributed by atoms with Crippen LogP contribution in [0.25, 0.3) is 39.3 Å². The van der Waals surface area contributed by atoms with E-state index in [0.717, 1.165) is 71.6 Å². The number of benzene rings is 5. The summed E-state index contributed by atoms with van der Waals surface area (Å²) in [6.07, 6.45) is 28.2. The van der Waals surface area contributed by atoms with Gasteiger partial charge in [-0.05, 0) is 132 Å². The molecular formula is C60H55NO. The third-order valence-corrected chi connectivity index (χ3v) is 13.9. The van der Waals surface area contributed by atoms with E-state index in [9.17, 15) is 0 Å². The van der Waals surface area contributed by atoms with Crippen molar-refractivity contribution in [2.75, 3.05) is 4.90 Å². The first-order valence-corrected chi connectivity index (χ1v) is 22.5. The fraction of sp³-hybridized carbons (Fsp3) is 0.200. The van der Waals surface area contributed by atoms with Gasteiger partial charge >= 0.3 is 0 Å². The Morgan fingerprint density at radius 2 is 1.45 bits per heavy atom. The zero-order valence-electron chi connectivity index (χ0n) is 36.5. The third kappa shape index (κ3) is 6.83. The van der Waals surface area contributed by atoms with Crippen LogP contribution < -0.4 is 4.90 Å². The number of hydrogen-bond donors (Lipinski definition) is 0. The van der Waals surface area contributed by atoms with Gasteiger partial charge in [0, 0.05) is 50.3 Å². The van der Waals surface area contributed by atoms with Crippen LogP contribution in [0.3, 0.4) is 0 Å². The van der Waals surface area contributed by atoms with E-state index in [2.05, 4.69) is 221 Å². The van der Waals surface area contributed by atoms with E-state index in [1.807, 2.05) is 0 Å². The average molecular weight is 806 g/mol. The van der Waals surface area contributed by atoms with Crippen molar-refractivity contribution < 1.29 is 4.42 Å². The Morgan fingerprint density at radius 3 is 2.19 bits per heavy atom. The summed E-state index contributed by atoms with van der Waals surface area (Å²) in [7, 11) is 0. The fourth-order valence-corrected chi connectivity index (χ4v) is 10.5. The number of allylic oxidation sites excluding steroid dienone is 13. The van der Waals surface area contributed by atoms with Crippen molar-refractivity contribution >= 4 is 28.4 Å². The lowest BCUT2D eigenvalue weighted by molar-refractivity contribution is 0.572. The molecule has 2 nitrogen and oxygen atoms in total. The van der Waals surface area contributed by atoms with Crippen molar-refractivity contribution in [3.05, 3.63) is 233 Å². The SMILES string of the molecule is C=CC(/C=C1\C(=C/C)C2=C(C=CCC2)C1(C)C)c1cccc(N(C2=CCC(C)(c3ccccc3)C=C2)c2ccc(-c3ccc(-c4ccccc4)c4c5c(oc34)C=CCC5)cc2)c1. The smallest absolute Gasteiger partial charge is 0.143 e. The van der Waals surface area contributed by atoms with Crippen LogP contribution in [0, 0.1) is 5.41 Å². The minimum atomic E-state index is -0.0854. The molecule has 306 valence electrons. The molecular weight excluding hydrogens is 751 g/mol. The third-order valence-electron chi connectivity index (χ3n) is 13.9. The van der Waals surface area contributed by atoms with Gasteiger partial charge in [0.2, 0.25) is 0 Å². The summed E-state index contributed by atoms with van der Waals surface area (Å²) in [5.74, 6) is 1.03. The molecule has 0 aliphatic heterocycles. The van der Waals surface area contributed by atoms with Crippen molar-refractivity contribution in [3.63, 3.8) is 0 Å². The Balaban J connectivity index is 1.05. The highest BCUT2D eigenvalue weighted by Gasteiger charge is 2.39. The second kappa shape index (κ2) is 16.0. The lowest BCUT2D eigenvalue weighted by Crippen LogP contribution is -2.24. The van der Waals surface area contributed by atoms with Gasteiger partial charge in [0.1, 0.15) is 11.3 Å². The Hall–Kier alpha value is -6.64. The number of rotatable bonds is 9.